The van der Waals surface area contributed by atoms with E-state index in [1.807, 2.05) is 21.0 Å². The molecule has 0 aliphatic carbocycles. The number of nitrogens with zero attached hydrogens (tertiary/aromatic N) is 5. The van der Waals surface area contributed by atoms with Crippen molar-refractivity contribution < 1.29 is 18.7 Å². The van der Waals surface area contributed by atoms with Gasteiger partial charge in [-0.25, -0.2) is 28.2 Å². The first-order valence-electron chi connectivity index (χ1n) is 13.6. The lowest BCUT2D eigenvalue weighted by molar-refractivity contribution is 0.0695. The van der Waals surface area contributed by atoms with Gasteiger partial charge in [0.1, 0.15) is 11.2 Å². The lowest BCUT2D eigenvalue weighted by atomic mass is 10.0. The minimum atomic E-state index is -1.36. The maximum atomic E-state index is 15.6. The van der Waals surface area contributed by atoms with E-state index in [2.05, 4.69) is 35.5 Å². The molecule has 1 aliphatic heterocycles. The van der Waals surface area contributed by atoms with Crippen LogP contribution in [-0.2, 0) is 0 Å². The second-order valence-corrected chi connectivity index (χ2v) is 10.6. The van der Waals surface area contributed by atoms with Crippen molar-refractivity contribution in [3.05, 3.63) is 58.1 Å². The molecule has 1 saturated heterocycles. The molecule has 5 heterocycles. The van der Waals surface area contributed by atoms with Crippen LogP contribution in [0.2, 0.25) is 0 Å². The summed E-state index contributed by atoms with van der Waals surface area (Å²) in [6.07, 6.45) is 5.27. The van der Waals surface area contributed by atoms with Gasteiger partial charge in [0.2, 0.25) is 5.43 Å². The topological polar surface area (TPSA) is 131 Å². The Balaban J connectivity index is 1.69. The molecule has 0 amide bonds. The average Bonchev–Trinajstić information content (AvgIpc) is 3.62. The number of anilines is 2. The number of pyridine rings is 3. The molecule has 0 spiro atoms. The van der Waals surface area contributed by atoms with Crippen LogP contribution < -0.4 is 21.1 Å². The first-order chi connectivity index (χ1) is 20.1. The number of nitrogens with one attached hydrogen (secondary N) is 3. The van der Waals surface area contributed by atoms with Gasteiger partial charge in [-0.05, 0) is 33.5 Å². The number of likely N-dealkylation sites (N-methyl/N-ethyl adjacent to an activating group) is 1. The Hall–Kier alpha value is -4.78. The van der Waals surface area contributed by atoms with Gasteiger partial charge in [0.05, 0.1) is 33.1 Å². The summed E-state index contributed by atoms with van der Waals surface area (Å²) in [6, 6.07) is 2.91. The number of rotatable bonds is 7. The van der Waals surface area contributed by atoms with Gasteiger partial charge in [0.15, 0.2) is 17.3 Å². The fourth-order valence-electron chi connectivity index (χ4n) is 5.85. The number of fused-ring (bicyclic) bond motifs is 4. The molecular weight excluding hydrogens is 546 g/mol. The molecule has 1 atom stereocenters. The largest absolute Gasteiger partial charge is 0.477 e. The lowest BCUT2D eigenvalue weighted by Gasteiger charge is -2.25. The molecule has 13 heteroatoms. The molecule has 42 heavy (non-hydrogen) atoms. The molecule has 4 aromatic heterocycles. The van der Waals surface area contributed by atoms with Crippen molar-refractivity contribution in [2.75, 3.05) is 56.4 Å². The number of benzene rings is 1. The fourth-order valence-corrected chi connectivity index (χ4v) is 5.85. The first kappa shape index (κ1) is 27.4. The summed E-state index contributed by atoms with van der Waals surface area (Å²) < 4.78 is 31.9. The van der Waals surface area contributed by atoms with E-state index < -0.39 is 28.6 Å². The Morgan fingerprint density at radius 1 is 1.21 bits per heavy atom. The predicted octanol–water partition coefficient (Wildman–Crippen LogP) is 3.81. The summed E-state index contributed by atoms with van der Waals surface area (Å²) in [5, 5.41) is 13.2. The Bertz CT molecular complexity index is 1950. The third-order valence-electron chi connectivity index (χ3n) is 7.96. The quantitative estimate of drug-likeness (QED) is 0.228. The van der Waals surface area contributed by atoms with E-state index in [0.29, 0.717) is 58.7 Å². The molecule has 5 aromatic rings. The summed E-state index contributed by atoms with van der Waals surface area (Å²) >= 11 is 0. The van der Waals surface area contributed by atoms with Crippen LogP contribution in [0, 0.1) is 11.6 Å². The maximum absolute atomic E-state index is 15.6. The molecule has 1 aromatic carbocycles. The van der Waals surface area contributed by atoms with Gasteiger partial charge in [-0.3, -0.25) is 4.79 Å². The van der Waals surface area contributed by atoms with E-state index in [0.717, 1.165) is 12.5 Å². The van der Waals surface area contributed by atoms with Crippen molar-refractivity contribution in [3.63, 3.8) is 0 Å². The highest BCUT2D eigenvalue weighted by Crippen LogP contribution is 2.44. The third kappa shape index (κ3) is 4.19. The molecule has 4 N–H and O–H groups in total. The van der Waals surface area contributed by atoms with Crippen molar-refractivity contribution in [3.8, 4) is 11.1 Å². The molecule has 218 valence electrons. The van der Waals surface area contributed by atoms with Crippen molar-refractivity contribution in [2.24, 2.45) is 0 Å². The van der Waals surface area contributed by atoms with Crippen molar-refractivity contribution in [2.45, 2.75) is 19.4 Å². The molecular formula is C29H30F2N8O3. The van der Waals surface area contributed by atoms with E-state index in [1.54, 1.807) is 25.5 Å². The van der Waals surface area contributed by atoms with E-state index in [4.69, 9.17) is 0 Å². The number of aromatic nitrogens is 4. The highest BCUT2D eigenvalue weighted by atomic mass is 19.2. The van der Waals surface area contributed by atoms with Crippen LogP contribution in [0.5, 0.6) is 0 Å². The van der Waals surface area contributed by atoms with Crippen molar-refractivity contribution in [1.82, 2.24) is 24.5 Å². The number of carbonyl (C=O) groups is 1. The van der Waals surface area contributed by atoms with Gasteiger partial charge < -0.3 is 30.6 Å². The molecule has 1 aliphatic rings. The smallest absolute Gasteiger partial charge is 0.341 e. The average molecular weight is 577 g/mol. The van der Waals surface area contributed by atoms with Crippen LogP contribution in [0.3, 0.4) is 0 Å². The summed E-state index contributed by atoms with van der Waals surface area (Å²) in [5.41, 5.74) is 5.02. The Morgan fingerprint density at radius 2 is 2.00 bits per heavy atom. The Morgan fingerprint density at radius 3 is 2.67 bits per heavy atom. The standard InChI is InChI=1S/C29H30F2N8O3/c1-5-35-39-13-18(29(41)42)26(40)16-8-14(10-34-28(16)39)17-11-33-27-22(25(17)38-7-6-15(12-38)37(3)4)21-23(31)19(30)9-20(32-2)24(21)36-27/h8-11,13,15,32,35H,5-7,12H2,1-4H3,(H,33,36)(H,41,42)/t15-/m1/s1. The zero-order valence-corrected chi connectivity index (χ0v) is 23.5. The molecule has 0 radical (unpaired) electrons. The lowest BCUT2D eigenvalue weighted by Crippen LogP contribution is -2.31. The van der Waals surface area contributed by atoms with E-state index >= 15 is 4.39 Å². The monoisotopic (exact) mass is 576 g/mol. The van der Waals surface area contributed by atoms with Crippen molar-refractivity contribution in [1.29, 1.82) is 0 Å². The van der Waals surface area contributed by atoms with Crippen LogP contribution in [0.1, 0.15) is 23.7 Å². The van der Waals surface area contributed by atoms with E-state index in [1.165, 1.54) is 10.9 Å². The number of aromatic carboxylic acids is 1. The van der Waals surface area contributed by atoms with Gasteiger partial charge in [-0.2, -0.15) is 0 Å². The summed E-state index contributed by atoms with van der Waals surface area (Å²) in [6.45, 7) is 3.57. The van der Waals surface area contributed by atoms with Gasteiger partial charge in [-0.1, -0.05) is 0 Å². The van der Waals surface area contributed by atoms with Crippen LogP contribution in [0.4, 0.5) is 20.2 Å². The second kappa shape index (κ2) is 10.2. The molecule has 0 saturated carbocycles. The predicted molar refractivity (Wildman–Crippen MR) is 159 cm³/mol. The number of carboxylic acid groups (broad SMARTS) is 1. The van der Waals surface area contributed by atoms with Gasteiger partial charge in [-0.15, -0.1) is 0 Å². The molecule has 11 nitrogen and oxygen atoms in total. The Labute approximate surface area is 238 Å². The number of halogens is 2. The normalized spacial score (nSPS) is 15.4. The molecule has 0 bridgehead atoms. The van der Waals surface area contributed by atoms with Gasteiger partial charge in [0, 0.05) is 68.5 Å². The number of hydrogen-bond acceptors (Lipinski definition) is 8. The third-order valence-corrected chi connectivity index (χ3v) is 7.96. The highest BCUT2D eigenvalue weighted by Gasteiger charge is 2.31. The van der Waals surface area contributed by atoms with Crippen LogP contribution in [-0.4, -0.2) is 82.4 Å². The van der Waals surface area contributed by atoms with Crippen LogP contribution in [0.15, 0.2) is 35.5 Å². The van der Waals surface area contributed by atoms with Crippen molar-refractivity contribution >= 4 is 50.3 Å². The fraction of sp³-hybridized carbons (Fsp3) is 0.310. The van der Waals surface area contributed by atoms with Gasteiger partial charge >= 0.3 is 5.97 Å². The van der Waals surface area contributed by atoms with E-state index in [9.17, 15) is 19.1 Å². The summed E-state index contributed by atoms with van der Waals surface area (Å²) in [7, 11) is 5.63. The highest BCUT2D eigenvalue weighted by molar-refractivity contribution is 6.18. The Kier molecular flexibility index (Phi) is 6.68. The number of H-pyrrole nitrogens is 1. The van der Waals surface area contributed by atoms with Crippen LogP contribution in [0.25, 0.3) is 44.1 Å². The SMILES string of the molecule is CCNn1cc(C(=O)O)c(=O)c2cc(-c3cnc4[nH]c5c(NC)cc(F)c(F)c5c4c3N3CC[C@@H](N(C)C)C3)cnc21. The zero-order chi connectivity index (χ0) is 29.9. The number of hydrogen-bond donors (Lipinski definition) is 4. The summed E-state index contributed by atoms with van der Waals surface area (Å²) in [5.74, 6) is -3.34. The summed E-state index contributed by atoms with van der Waals surface area (Å²) in [4.78, 5) is 41.7. The number of aromatic amines is 1. The minimum absolute atomic E-state index is 0.0726. The molecule has 6 rings (SSSR count). The first-order valence-corrected chi connectivity index (χ1v) is 13.6. The van der Waals surface area contributed by atoms with E-state index in [-0.39, 0.29) is 22.5 Å². The zero-order valence-electron chi connectivity index (χ0n) is 23.5. The molecule has 1 fully saturated rings. The second-order valence-electron chi connectivity index (χ2n) is 10.6. The number of carboxylic acids is 1. The maximum Gasteiger partial charge on any atom is 0.341 e. The van der Waals surface area contributed by atoms with Gasteiger partial charge in [0.25, 0.3) is 0 Å². The molecule has 0 unspecified atom stereocenters. The van der Waals surface area contributed by atoms with Crippen LogP contribution >= 0.6 is 0 Å². The minimum Gasteiger partial charge on any atom is -0.477 e.